The maximum absolute atomic E-state index is 6.19. The first-order chi connectivity index (χ1) is 10.2. The van der Waals surface area contributed by atoms with Crippen LogP contribution in [0.5, 0.6) is 0 Å². The minimum atomic E-state index is 0.195. The molecule has 1 atom stereocenters. The van der Waals surface area contributed by atoms with Gasteiger partial charge in [0.25, 0.3) is 0 Å². The highest BCUT2D eigenvalue weighted by Crippen LogP contribution is 2.28. The predicted molar refractivity (Wildman–Crippen MR) is 87.3 cm³/mol. The van der Waals surface area contributed by atoms with E-state index >= 15 is 0 Å². The molecule has 0 bridgehead atoms. The van der Waals surface area contributed by atoms with E-state index in [1.54, 1.807) is 18.4 Å². The number of thiazole rings is 1. The van der Waals surface area contributed by atoms with Gasteiger partial charge >= 0.3 is 0 Å². The van der Waals surface area contributed by atoms with Gasteiger partial charge in [-0.15, -0.1) is 11.3 Å². The fourth-order valence-corrected chi connectivity index (χ4v) is 3.69. The molecule has 1 fully saturated rings. The van der Waals surface area contributed by atoms with Crippen LogP contribution in [0.3, 0.4) is 0 Å². The van der Waals surface area contributed by atoms with Crippen molar-refractivity contribution in [3.8, 4) is 0 Å². The number of rotatable bonds is 5. The molecule has 1 saturated heterocycles. The van der Waals surface area contributed by atoms with Crippen LogP contribution in [0.25, 0.3) is 4.96 Å². The van der Waals surface area contributed by atoms with Gasteiger partial charge in [-0.25, -0.2) is 4.98 Å². The summed E-state index contributed by atoms with van der Waals surface area (Å²) in [4.78, 5) is 8.31. The molecule has 0 spiro atoms. The van der Waals surface area contributed by atoms with Crippen LogP contribution in [0.4, 0.5) is 5.82 Å². The van der Waals surface area contributed by atoms with E-state index < -0.39 is 0 Å². The molecule has 1 aliphatic heterocycles. The summed E-state index contributed by atoms with van der Waals surface area (Å²) in [5.74, 6) is 1.13. The average molecular weight is 308 g/mol. The van der Waals surface area contributed by atoms with E-state index in [1.807, 2.05) is 0 Å². The van der Waals surface area contributed by atoms with E-state index in [2.05, 4.69) is 27.8 Å². The molecule has 0 aliphatic carbocycles. The fourth-order valence-electron chi connectivity index (χ4n) is 2.96. The molecule has 3 rings (SSSR count). The predicted octanol–water partition coefficient (Wildman–Crippen LogP) is 2.29. The lowest BCUT2D eigenvalue weighted by Crippen LogP contribution is -2.37. The normalized spacial score (nSPS) is 18.5. The van der Waals surface area contributed by atoms with Gasteiger partial charge in [-0.1, -0.05) is 6.92 Å². The SMILES string of the molecule is CCC(N)Cc1c(N2CCC(OC)CC2)nc2sccn12. The Kier molecular flexibility index (Phi) is 4.47. The van der Waals surface area contributed by atoms with Crippen molar-refractivity contribution in [1.29, 1.82) is 0 Å². The largest absolute Gasteiger partial charge is 0.381 e. The van der Waals surface area contributed by atoms with Gasteiger partial charge < -0.3 is 15.4 Å². The first kappa shape index (κ1) is 14.8. The zero-order valence-corrected chi connectivity index (χ0v) is 13.6. The lowest BCUT2D eigenvalue weighted by atomic mass is 10.1. The van der Waals surface area contributed by atoms with Crippen LogP contribution in [-0.4, -0.2) is 41.7 Å². The van der Waals surface area contributed by atoms with Crippen molar-refractivity contribution in [1.82, 2.24) is 9.38 Å². The zero-order chi connectivity index (χ0) is 14.8. The Labute approximate surface area is 129 Å². The van der Waals surface area contributed by atoms with Gasteiger partial charge in [0.05, 0.1) is 11.8 Å². The molecule has 2 aromatic heterocycles. The number of hydrogen-bond donors (Lipinski definition) is 1. The highest BCUT2D eigenvalue weighted by Gasteiger charge is 2.25. The number of nitrogens with zero attached hydrogens (tertiary/aromatic N) is 3. The van der Waals surface area contributed by atoms with Crippen molar-refractivity contribution >= 4 is 22.1 Å². The smallest absolute Gasteiger partial charge is 0.195 e. The van der Waals surface area contributed by atoms with E-state index in [9.17, 15) is 0 Å². The summed E-state index contributed by atoms with van der Waals surface area (Å²) in [5.41, 5.74) is 7.45. The Morgan fingerprint density at radius 2 is 2.24 bits per heavy atom. The van der Waals surface area contributed by atoms with Crippen molar-refractivity contribution in [3.63, 3.8) is 0 Å². The van der Waals surface area contributed by atoms with E-state index in [1.165, 1.54) is 5.69 Å². The summed E-state index contributed by atoms with van der Waals surface area (Å²) < 4.78 is 7.67. The van der Waals surface area contributed by atoms with Crippen LogP contribution in [0.15, 0.2) is 11.6 Å². The molecule has 0 saturated carbocycles. The van der Waals surface area contributed by atoms with Gasteiger partial charge in [-0.3, -0.25) is 4.40 Å². The molecule has 3 heterocycles. The molecule has 5 nitrogen and oxygen atoms in total. The van der Waals surface area contributed by atoms with Crippen LogP contribution in [0.1, 0.15) is 31.9 Å². The van der Waals surface area contributed by atoms with E-state index in [4.69, 9.17) is 15.5 Å². The number of hydrogen-bond acceptors (Lipinski definition) is 5. The number of imidazole rings is 1. The Bertz CT molecular complexity index is 586. The van der Waals surface area contributed by atoms with Crippen LogP contribution < -0.4 is 10.6 Å². The van der Waals surface area contributed by atoms with Gasteiger partial charge in [-0.05, 0) is 19.3 Å². The van der Waals surface area contributed by atoms with Gasteiger partial charge in [0.2, 0.25) is 0 Å². The van der Waals surface area contributed by atoms with Gasteiger partial charge in [0.1, 0.15) is 0 Å². The summed E-state index contributed by atoms with van der Waals surface area (Å²) in [7, 11) is 1.80. The van der Waals surface area contributed by atoms with Gasteiger partial charge in [0, 0.05) is 44.2 Å². The number of methoxy groups -OCH3 is 1. The second kappa shape index (κ2) is 6.34. The molecule has 0 aromatic carbocycles. The van der Waals surface area contributed by atoms with Crippen molar-refractivity contribution in [2.75, 3.05) is 25.1 Å². The molecule has 116 valence electrons. The van der Waals surface area contributed by atoms with Gasteiger partial charge in [-0.2, -0.15) is 0 Å². The summed E-state index contributed by atoms with van der Waals surface area (Å²) in [5, 5.41) is 2.09. The second-order valence-corrected chi connectivity index (χ2v) is 6.61. The third-order valence-electron chi connectivity index (χ3n) is 4.39. The second-order valence-electron chi connectivity index (χ2n) is 5.73. The third kappa shape index (κ3) is 2.93. The van der Waals surface area contributed by atoms with Crippen molar-refractivity contribution in [2.45, 2.75) is 44.8 Å². The van der Waals surface area contributed by atoms with Crippen LogP contribution >= 0.6 is 11.3 Å². The lowest BCUT2D eigenvalue weighted by molar-refractivity contribution is 0.0818. The number of piperidine rings is 1. The Balaban J connectivity index is 1.87. The molecule has 0 amide bonds. The van der Waals surface area contributed by atoms with Gasteiger partial charge in [0.15, 0.2) is 10.8 Å². The summed E-state index contributed by atoms with van der Waals surface area (Å²) in [6, 6.07) is 0.195. The van der Waals surface area contributed by atoms with Crippen LogP contribution in [0, 0.1) is 0 Å². The number of ether oxygens (including phenoxy) is 1. The summed E-state index contributed by atoms with van der Waals surface area (Å²) in [6.45, 7) is 4.16. The number of aromatic nitrogens is 2. The van der Waals surface area contributed by atoms with E-state index in [-0.39, 0.29) is 6.04 Å². The van der Waals surface area contributed by atoms with E-state index in [0.29, 0.717) is 6.10 Å². The average Bonchev–Trinajstić information content (AvgIpc) is 3.10. The quantitative estimate of drug-likeness (QED) is 0.921. The molecule has 1 unspecified atom stereocenters. The first-order valence-corrected chi connectivity index (χ1v) is 8.58. The number of fused-ring (bicyclic) bond motifs is 1. The minimum Gasteiger partial charge on any atom is -0.381 e. The fraction of sp³-hybridized carbons (Fsp3) is 0.667. The standard InChI is InChI=1S/C15H24N4OS/c1-3-11(16)10-13-14(17-15-19(13)8-9-21-15)18-6-4-12(20-2)5-7-18/h8-9,11-12H,3-7,10,16H2,1-2H3. The number of nitrogens with two attached hydrogens (primary N) is 1. The Morgan fingerprint density at radius 3 is 2.90 bits per heavy atom. The summed E-state index contributed by atoms with van der Waals surface area (Å²) >= 11 is 1.69. The van der Waals surface area contributed by atoms with E-state index in [0.717, 1.165) is 49.6 Å². The highest BCUT2D eigenvalue weighted by molar-refractivity contribution is 7.15. The molecule has 2 N–H and O–H groups in total. The maximum atomic E-state index is 6.19. The van der Waals surface area contributed by atoms with Crippen molar-refractivity contribution in [3.05, 3.63) is 17.3 Å². The molecular formula is C15H24N4OS. The number of anilines is 1. The van der Waals surface area contributed by atoms with Crippen molar-refractivity contribution in [2.24, 2.45) is 5.73 Å². The molecular weight excluding hydrogens is 284 g/mol. The highest BCUT2D eigenvalue weighted by atomic mass is 32.1. The monoisotopic (exact) mass is 308 g/mol. The lowest BCUT2D eigenvalue weighted by Gasteiger charge is -2.32. The molecule has 2 aromatic rings. The molecule has 21 heavy (non-hydrogen) atoms. The van der Waals surface area contributed by atoms with Crippen LogP contribution in [-0.2, 0) is 11.2 Å². The summed E-state index contributed by atoms with van der Waals surface area (Å²) in [6.07, 6.45) is 6.51. The molecule has 6 heteroatoms. The maximum Gasteiger partial charge on any atom is 0.195 e. The first-order valence-electron chi connectivity index (χ1n) is 7.70. The Hall–Kier alpha value is -1.11. The topological polar surface area (TPSA) is 55.8 Å². The zero-order valence-electron chi connectivity index (χ0n) is 12.8. The minimum absolute atomic E-state index is 0.195. The molecule has 1 aliphatic rings. The third-order valence-corrected chi connectivity index (χ3v) is 5.15. The van der Waals surface area contributed by atoms with Crippen LogP contribution in [0.2, 0.25) is 0 Å². The van der Waals surface area contributed by atoms with Crippen molar-refractivity contribution < 1.29 is 4.74 Å². The Morgan fingerprint density at radius 1 is 1.48 bits per heavy atom. The molecule has 0 radical (unpaired) electrons.